The standard InChI is InChI=1S/C19H20N2OS/c1-13-4-7-16(8-5-13)12-23-19-21-20-18(22-19)11-17-9-6-14(2)15(3)10-17/h4-10H,11-12H2,1-3H3. The highest BCUT2D eigenvalue weighted by Gasteiger charge is 2.08. The molecule has 0 saturated carbocycles. The molecule has 23 heavy (non-hydrogen) atoms. The molecule has 0 N–H and O–H groups in total. The third kappa shape index (κ3) is 4.23. The first-order chi connectivity index (χ1) is 11.1. The largest absolute Gasteiger partial charge is 0.416 e. The van der Waals surface area contributed by atoms with Crippen LogP contribution in [0.1, 0.15) is 33.7 Å². The third-order valence-corrected chi connectivity index (χ3v) is 4.75. The van der Waals surface area contributed by atoms with Crippen LogP contribution >= 0.6 is 11.8 Å². The van der Waals surface area contributed by atoms with E-state index in [1.807, 2.05) is 0 Å². The van der Waals surface area contributed by atoms with Crippen molar-refractivity contribution in [2.45, 2.75) is 38.2 Å². The summed E-state index contributed by atoms with van der Waals surface area (Å²) < 4.78 is 5.74. The first-order valence-electron chi connectivity index (χ1n) is 7.67. The van der Waals surface area contributed by atoms with E-state index in [2.05, 4.69) is 73.4 Å². The molecule has 3 aromatic rings. The number of hydrogen-bond acceptors (Lipinski definition) is 4. The number of thioether (sulfide) groups is 1. The highest BCUT2D eigenvalue weighted by atomic mass is 32.2. The molecular weight excluding hydrogens is 304 g/mol. The van der Waals surface area contributed by atoms with Crippen LogP contribution in [0.5, 0.6) is 0 Å². The molecule has 0 radical (unpaired) electrons. The van der Waals surface area contributed by atoms with Crippen molar-refractivity contribution in [2.75, 3.05) is 0 Å². The molecule has 0 bridgehead atoms. The smallest absolute Gasteiger partial charge is 0.276 e. The van der Waals surface area contributed by atoms with Gasteiger partial charge in [-0.05, 0) is 43.0 Å². The SMILES string of the molecule is Cc1ccc(CSc2nnc(Cc3ccc(C)c(C)c3)o2)cc1. The second-order valence-corrected chi connectivity index (χ2v) is 6.76. The van der Waals surface area contributed by atoms with E-state index in [1.54, 1.807) is 11.8 Å². The van der Waals surface area contributed by atoms with Crippen LogP contribution in [0.2, 0.25) is 0 Å². The molecule has 1 heterocycles. The lowest BCUT2D eigenvalue weighted by molar-refractivity contribution is 0.420. The number of rotatable bonds is 5. The van der Waals surface area contributed by atoms with Crippen LogP contribution in [0, 0.1) is 20.8 Å². The molecule has 0 aliphatic carbocycles. The predicted octanol–water partition coefficient (Wildman–Crippen LogP) is 4.88. The summed E-state index contributed by atoms with van der Waals surface area (Å²) in [5.74, 6) is 1.51. The molecule has 3 nitrogen and oxygen atoms in total. The number of hydrogen-bond donors (Lipinski definition) is 0. The van der Waals surface area contributed by atoms with E-state index in [0.29, 0.717) is 17.5 Å². The van der Waals surface area contributed by atoms with Crippen molar-refractivity contribution < 1.29 is 4.42 Å². The lowest BCUT2D eigenvalue weighted by Crippen LogP contribution is -1.90. The van der Waals surface area contributed by atoms with Crippen molar-refractivity contribution in [3.63, 3.8) is 0 Å². The first-order valence-corrected chi connectivity index (χ1v) is 8.65. The number of nitrogens with zero attached hydrogens (tertiary/aromatic N) is 2. The Bertz CT molecular complexity index is 793. The average Bonchev–Trinajstić information content (AvgIpc) is 2.98. The van der Waals surface area contributed by atoms with Crippen molar-refractivity contribution in [3.8, 4) is 0 Å². The van der Waals surface area contributed by atoms with E-state index in [-0.39, 0.29) is 0 Å². The lowest BCUT2D eigenvalue weighted by atomic mass is 10.0. The first kappa shape index (κ1) is 15.8. The maximum atomic E-state index is 5.74. The Morgan fingerprint density at radius 2 is 1.61 bits per heavy atom. The number of benzene rings is 2. The molecule has 0 amide bonds. The lowest BCUT2D eigenvalue weighted by Gasteiger charge is -2.02. The highest BCUT2D eigenvalue weighted by Crippen LogP contribution is 2.22. The van der Waals surface area contributed by atoms with E-state index >= 15 is 0 Å². The molecule has 0 aliphatic heterocycles. The molecule has 0 saturated heterocycles. The maximum absolute atomic E-state index is 5.74. The number of aromatic nitrogens is 2. The molecule has 0 unspecified atom stereocenters. The Hall–Kier alpha value is -2.07. The second-order valence-electron chi connectivity index (χ2n) is 5.83. The van der Waals surface area contributed by atoms with Gasteiger partial charge in [0.05, 0.1) is 6.42 Å². The fourth-order valence-electron chi connectivity index (χ4n) is 2.29. The van der Waals surface area contributed by atoms with Crippen molar-refractivity contribution in [2.24, 2.45) is 0 Å². The molecule has 4 heteroatoms. The highest BCUT2D eigenvalue weighted by molar-refractivity contribution is 7.98. The molecular formula is C19H20N2OS. The zero-order valence-corrected chi connectivity index (χ0v) is 14.5. The van der Waals surface area contributed by atoms with Crippen LogP contribution in [0.3, 0.4) is 0 Å². The molecule has 118 valence electrons. The van der Waals surface area contributed by atoms with Crippen molar-refractivity contribution in [1.82, 2.24) is 10.2 Å². The summed E-state index contributed by atoms with van der Waals surface area (Å²) in [6.45, 7) is 6.33. The second kappa shape index (κ2) is 7.01. The van der Waals surface area contributed by atoms with Crippen LogP contribution in [0.4, 0.5) is 0 Å². The van der Waals surface area contributed by atoms with Gasteiger partial charge < -0.3 is 4.42 Å². The molecule has 0 spiro atoms. The molecule has 2 aromatic carbocycles. The summed E-state index contributed by atoms with van der Waals surface area (Å²) in [5.41, 5.74) is 6.32. The normalized spacial score (nSPS) is 10.9. The van der Waals surface area contributed by atoms with E-state index < -0.39 is 0 Å². The third-order valence-electron chi connectivity index (χ3n) is 3.86. The monoisotopic (exact) mass is 324 g/mol. The summed E-state index contributed by atoms with van der Waals surface area (Å²) in [4.78, 5) is 0. The van der Waals surface area contributed by atoms with Gasteiger partial charge in [0.1, 0.15) is 0 Å². The van der Waals surface area contributed by atoms with Crippen LogP contribution in [0.25, 0.3) is 0 Å². The Morgan fingerprint density at radius 1 is 0.870 bits per heavy atom. The van der Waals surface area contributed by atoms with Gasteiger partial charge in [0.25, 0.3) is 5.22 Å². The van der Waals surface area contributed by atoms with E-state index in [9.17, 15) is 0 Å². The van der Waals surface area contributed by atoms with Gasteiger partial charge in [0.2, 0.25) is 5.89 Å². The van der Waals surface area contributed by atoms with E-state index in [0.717, 1.165) is 5.75 Å². The van der Waals surface area contributed by atoms with Gasteiger partial charge in [-0.2, -0.15) is 0 Å². The van der Waals surface area contributed by atoms with Crippen molar-refractivity contribution in [1.29, 1.82) is 0 Å². The molecule has 0 aliphatic rings. The number of aryl methyl sites for hydroxylation is 3. The predicted molar refractivity (Wildman–Crippen MR) is 93.8 cm³/mol. The minimum absolute atomic E-state index is 0.629. The summed E-state index contributed by atoms with van der Waals surface area (Å²) in [6.07, 6.45) is 0.680. The van der Waals surface area contributed by atoms with E-state index in [1.165, 1.54) is 27.8 Å². The Labute approximate surface area is 141 Å². The van der Waals surface area contributed by atoms with Crippen molar-refractivity contribution >= 4 is 11.8 Å². The van der Waals surface area contributed by atoms with Gasteiger partial charge in [-0.1, -0.05) is 59.8 Å². The Morgan fingerprint density at radius 3 is 2.35 bits per heavy atom. The van der Waals surface area contributed by atoms with Gasteiger partial charge in [-0.15, -0.1) is 10.2 Å². The van der Waals surface area contributed by atoms with Crippen LogP contribution in [-0.4, -0.2) is 10.2 Å². The molecule has 1 aromatic heterocycles. The summed E-state index contributed by atoms with van der Waals surface area (Å²) in [6, 6.07) is 14.9. The van der Waals surface area contributed by atoms with Gasteiger partial charge in [0.15, 0.2) is 0 Å². The van der Waals surface area contributed by atoms with Gasteiger partial charge >= 0.3 is 0 Å². The van der Waals surface area contributed by atoms with Gasteiger partial charge in [0, 0.05) is 5.75 Å². The minimum Gasteiger partial charge on any atom is -0.416 e. The van der Waals surface area contributed by atoms with Gasteiger partial charge in [-0.25, -0.2) is 0 Å². The van der Waals surface area contributed by atoms with Crippen LogP contribution < -0.4 is 0 Å². The van der Waals surface area contributed by atoms with Gasteiger partial charge in [-0.3, -0.25) is 0 Å². The fraction of sp³-hybridized carbons (Fsp3) is 0.263. The fourth-order valence-corrected chi connectivity index (χ4v) is 3.02. The molecule has 0 atom stereocenters. The zero-order chi connectivity index (χ0) is 16.2. The summed E-state index contributed by atoms with van der Waals surface area (Å²) in [7, 11) is 0. The topological polar surface area (TPSA) is 38.9 Å². The van der Waals surface area contributed by atoms with Crippen LogP contribution in [-0.2, 0) is 12.2 Å². The molecule has 0 fully saturated rings. The Balaban J connectivity index is 1.61. The van der Waals surface area contributed by atoms with E-state index in [4.69, 9.17) is 4.42 Å². The summed E-state index contributed by atoms with van der Waals surface area (Å²) >= 11 is 1.58. The zero-order valence-electron chi connectivity index (χ0n) is 13.7. The molecule has 3 rings (SSSR count). The maximum Gasteiger partial charge on any atom is 0.276 e. The summed E-state index contributed by atoms with van der Waals surface area (Å²) in [5, 5.41) is 8.91. The minimum atomic E-state index is 0.629. The average molecular weight is 324 g/mol. The Kier molecular flexibility index (Phi) is 4.82. The van der Waals surface area contributed by atoms with Crippen LogP contribution in [0.15, 0.2) is 52.1 Å². The van der Waals surface area contributed by atoms with Crippen molar-refractivity contribution in [3.05, 3.63) is 76.2 Å². The quantitative estimate of drug-likeness (QED) is 0.627.